The summed E-state index contributed by atoms with van der Waals surface area (Å²) in [6.07, 6.45) is 0.918. The van der Waals surface area contributed by atoms with Crippen LogP contribution in [0.5, 0.6) is 5.75 Å². The van der Waals surface area contributed by atoms with E-state index in [1.807, 2.05) is 41.3 Å². The maximum absolute atomic E-state index is 12.8. The number of aliphatic imine (C=N–C) groups is 1. The maximum Gasteiger partial charge on any atom is 0.246 e. The third-order valence-corrected chi connectivity index (χ3v) is 5.80. The summed E-state index contributed by atoms with van der Waals surface area (Å²) < 4.78 is 5.50. The van der Waals surface area contributed by atoms with Gasteiger partial charge in [-0.25, -0.2) is 0 Å². The first-order valence-electron chi connectivity index (χ1n) is 10.4. The fourth-order valence-electron chi connectivity index (χ4n) is 4.23. The van der Waals surface area contributed by atoms with Gasteiger partial charge in [0.2, 0.25) is 5.91 Å². The van der Waals surface area contributed by atoms with E-state index in [0.717, 1.165) is 62.2 Å². The van der Waals surface area contributed by atoms with Crippen LogP contribution in [0, 0.1) is 0 Å². The molecule has 0 spiro atoms. The lowest BCUT2D eigenvalue weighted by Crippen LogP contribution is -2.54. The lowest BCUT2D eigenvalue weighted by molar-refractivity contribution is -0.117. The van der Waals surface area contributed by atoms with Crippen LogP contribution in [0.2, 0.25) is 0 Å². The number of methoxy groups -OCH3 is 1. The number of hydrogen-bond donors (Lipinski definition) is 1. The standard InChI is InChI=1S/C23H29N5O2.HI/c1-24-23(25-17-22(29)28-12-11-18-7-3-4-8-19(18)28)27-15-13-26(14-16-27)20-9-5-6-10-21(20)30-2;/h3-10H,11-17H2,1-2H3,(H,24,25);1H. The molecule has 7 nitrogen and oxygen atoms in total. The molecule has 1 fully saturated rings. The molecule has 0 unspecified atom stereocenters. The largest absolute Gasteiger partial charge is 0.495 e. The van der Waals surface area contributed by atoms with Gasteiger partial charge >= 0.3 is 0 Å². The molecule has 4 rings (SSSR count). The SMILES string of the molecule is CN=C(NCC(=O)N1CCc2ccccc21)N1CCN(c2ccccc2OC)CC1.I. The van der Waals surface area contributed by atoms with Gasteiger partial charge in [-0.2, -0.15) is 0 Å². The Hall–Kier alpha value is -2.49. The summed E-state index contributed by atoms with van der Waals surface area (Å²) in [7, 11) is 3.47. The van der Waals surface area contributed by atoms with Crippen LogP contribution in [0.15, 0.2) is 53.5 Å². The highest BCUT2D eigenvalue weighted by atomic mass is 127. The van der Waals surface area contributed by atoms with Crippen LogP contribution in [-0.4, -0.2) is 70.2 Å². The minimum absolute atomic E-state index is 0. The van der Waals surface area contributed by atoms with Crippen LogP contribution < -0.4 is 19.9 Å². The molecule has 31 heavy (non-hydrogen) atoms. The summed E-state index contributed by atoms with van der Waals surface area (Å²) in [5, 5.41) is 3.27. The number of ether oxygens (including phenoxy) is 1. The number of piperazine rings is 1. The van der Waals surface area contributed by atoms with Crippen LogP contribution in [0.25, 0.3) is 0 Å². The van der Waals surface area contributed by atoms with Gasteiger partial charge in [0.15, 0.2) is 5.96 Å². The van der Waals surface area contributed by atoms with Crippen LogP contribution >= 0.6 is 24.0 Å². The van der Waals surface area contributed by atoms with E-state index in [-0.39, 0.29) is 36.4 Å². The van der Waals surface area contributed by atoms with E-state index in [2.05, 4.69) is 32.2 Å². The number of amides is 1. The minimum atomic E-state index is 0. The minimum Gasteiger partial charge on any atom is -0.495 e. The lowest BCUT2D eigenvalue weighted by Gasteiger charge is -2.38. The summed E-state index contributed by atoms with van der Waals surface area (Å²) in [6, 6.07) is 16.2. The molecule has 0 radical (unpaired) electrons. The molecule has 2 aliphatic rings. The Morgan fingerprint density at radius 1 is 1.00 bits per heavy atom. The summed E-state index contributed by atoms with van der Waals surface area (Å²) in [4.78, 5) is 23.6. The average Bonchev–Trinajstić information content (AvgIpc) is 3.24. The average molecular weight is 535 g/mol. The molecule has 0 saturated carbocycles. The topological polar surface area (TPSA) is 60.4 Å². The number of hydrogen-bond acceptors (Lipinski definition) is 4. The van der Waals surface area contributed by atoms with E-state index in [0.29, 0.717) is 0 Å². The second-order valence-electron chi connectivity index (χ2n) is 7.47. The van der Waals surface area contributed by atoms with Crippen LogP contribution in [0.3, 0.4) is 0 Å². The molecule has 2 aromatic carbocycles. The molecule has 1 N–H and O–H groups in total. The third kappa shape index (κ3) is 5.06. The van der Waals surface area contributed by atoms with Crippen molar-refractivity contribution < 1.29 is 9.53 Å². The zero-order valence-corrected chi connectivity index (χ0v) is 20.4. The van der Waals surface area contributed by atoms with Crippen molar-refractivity contribution in [3.63, 3.8) is 0 Å². The van der Waals surface area contributed by atoms with Gasteiger partial charge in [-0.05, 0) is 30.2 Å². The van der Waals surface area contributed by atoms with E-state index in [1.165, 1.54) is 5.56 Å². The maximum atomic E-state index is 12.8. The molecule has 0 aliphatic carbocycles. The molecule has 2 aromatic rings. The summed E-state index contributed by atoms with van der Waals surface area (Å²) in [5.41, 5.74) is 3.39. The van der Waals surface area contributed by atoms with Gasteiger partial charge < -0.3 is 24.8 Å². The smallest absolute Gasteiger partial charge is 0.246 e. The monoisotopic (exact) mass is 535 g/mol. The molecule has 2 aliphatic heterocycles. The number of nitrogens with one attached hydrogen (secondary N) is 1. The normalized spacial score (nSPS) is 15.9. The molecule has 8 heteroatoms. The number of benzene rings is 2. The molecule has 2 heterocycles. The van der Waals surface area contributed by atoms with Gasteiger partial charge in [0.25, 0.3) is 0 Å². The Morgan fingerprint density at radius 2 is 1.68 bits per heavy atom. The molecule has 0 atom stereocenters. The Bertz CT molecular complexity index is 928. The highest BCUT2D eigenvalue weighted by Crippen LogP contribution is 2.29. The predicted octanol–water partition coefficient (Wildman–Crippen LogP) is 2.60. The highest BCUT2D eigenvalue weighted by Gasteiger charge is 2.25. The lowest BCUT2D eigenvalue weighted by atomic mass is 10.2. The number of carbonyl (C=O) groups excluding carboxylic acids is 1. The van der Waals surface area contributed by atoms with E-state index >= 15 is 0 Å². The van der Waals surface area contributed by atoms with Crippen molar-refractivity contribution in [2.24, 2.45) is 4.99 Å². The van der Waals surface area contributed by atoms with Crippen LogP contribution in [0.1, 0.15) is 5.56 Å². The number of fused-ring (bicyclic) bond motifs is 1. The van der Waals surface area contributed by atoms with Gasteiger partial charge in [-0.3, -0.25) is 9.79 Å². The van der Waals surface area contributed by atoms with Crippen molar-refractivity contribution in [1.29, 1.82) is 0 Å². The summed E-state index contributed by atoms with van der Waals surface area (Å²) in [6.45, 7) is 4.39. The Morgan fingerprint density at radius 3 is 2.39 bits per heavy atom. The highest BCUT2D eigenvalue weighted by molar-refractivity contribution is 14.0. The van der Waals surface area contributed by atoms with Crippen LogP contribution in [-0.2, 0) is 11.2 Å². The van der Waals surface area contributed by atoms with Gasteiger partial charge in [-0.1, -0.05) is 30.3 Å². The Labute approximate surface area is 201 Å². The van der Waals surface area contributed by atoms with Crippen molar-refractivity contribution in [3.05, 3.63) is 54.1 Å². The zero-order chi connectivity index (χ0) is 20.9. The number of carbonyl (C=O) groups is 1. The Kier molecular flexibility index (Phi) is 8.00. The zero-order valence-electron chi connectivity index (χ0n) is 18.1. The van der Waals surface area contributed by atoms with Gasteiger partial charge in [-0.15, -0.1) is 24.0 Å². The van der Waals surface area contributed by atoms with Crippen molar-refractivity contribution >= 4 is 47.2 Å². The fraction of sp³-hybridized carbons (Fsp3) is 0.391. The number of para-hydroxylation sites is 3. The number of rotatable bonds is 4. The first-order valence-corrected chi connectivity index (χ1v) is 10.4. The number of nitrogens with zero attached hydrogens (tertiary/aromatic N) is 4. The van der Waals surface area contributed by atoms with Gasteiger partial charge in [0, 0.05) is 45.5 Å². The number of anilines is 2. The summed E-state index contributed by atoms with van der Waals surface area (Å²) >= 11 is 0. The summed E-state index contributed by atoms with van der Waals surface area (Å²) in [5.74, 6) is 1.74. The predicted molar refractivity (Wildman–Crippen MR) is 136 cm³/mol. The van der Waals surface area contributed by atoms with Crippen LogP contribution in [0.4, 0.5) is 11.4 Å². The second-order valence-corrected chi connectivity index (χ2v) is 7.47. The molecule has 1 amide bonds. The molecule has 0 bridgehead atoms. The number of halogens is 1. The second kappa shape index (κ2) is 10.7. The van der Waals surface area contributed by atoms with E-state index in [9.17, 15) is 4.79 Å². The van der Waals surface area contributed by atoms with Gasteiger partial charge in [0.05, 0.1) is 19.3 Å². The van der Waals surface area contributed by atoms with Crippen molar-refractivity contribution in [3.8, 4) is 5.75 Å². The molecular weight excluding hydrogens is 505 g/mol. The first kappa shape index (κ1) is 23.2. The van der Waals surface area contributed by atoms with Crippen molar-refractivity contribution in [2.45, 2.75) is 6.42 Å². The first-order chi connectivity index (χ1) is 14.7. The number of guanidine groups is 1. The van der Waals surface area contributed by atoms with E-state index in [1.54, 1.807) is 14.2 Å². The Balaban J connectivity index is 0.00000272. The van der Waals surface area contributed by atoms with Crippen molar-refractivity contribution in [1.82, 2.24) is 10.2 Å². The molecule has 0 aromatic heterocycles. The van der Waals surface area contributed by atoms with E-state index < -0.39 is 0 Å². The van der Waals surface area contributed by atoms with E-state index in [4.69, 9.17) is 4.74 Å². The van der Waals surface area contributed by atoms with Gasteiger partial charge in [0.1, 0.15) is 5.75 Å². The quantitative estimate of drug-likeness (QED) is 0.371. The molecule has 1 saturated heterocycles. The van der Waals surface area contributed by atoms with Crippen molar-refractivity contribution in [2.75, 3.05) is 63.2 Å². The molecule has 166 valence electrons. The molecular formula is C23H30IN5O2. The fourth-order valence-corrected chi connectivity index (χ4v) is 4.23. The third-order valence-electron chi connectivity index (χ3n) is 5.80.